The van der Waals surface area contributed by atoms with Crippen LogP contribution in [0.2, 0.25) is 0 Å². The van der Waals surface area contributed by atoms with E-state index in [0.29, 0.717) is 5.76 Å². The third-order valence-electron chi connectivity index (χ3n) is 2.67. The number of hydrogen-bond acceptors (Lipinski definition) is 7. The van der Waals surface area contributed by atoms with Crippen molar-refractivity contribution in [3.8, 4) is 0 Å². The Kier molecular flexibility index (Phi) is 5.73. The van der Waals surface area contributed by atoms with Crippen LogP contribution in [-0.4, -0.2) is 67.8 Å². The van der Waals surface area contributed by atoms with Crippen molar-refractivity contribution in [3.05, 3.63) is 24.2 Å². The number of aliphatic hydroxyl groups is 6. The Labute approximate surface area is 104 Å². The van der Waals surface area contributed by atoms with Gasteiger partial charge in [-0.3, -0.25) is 0 Å². The van der Waals surface area contributed by atoms with E-state index in [9.17, 15) is 20.4 Å². The van der Waals surface area contributed by atoms with Gasteiger partial charge >= 0.3 is 0 Å². The molecule has 0 fully saturated rings. The van der Waals surface area contributed by atoms with Crippen molar-refractivity contribution < 1.29 is 35.1 Å². The first-order valence-electron chi connectivity index (χ1n) is 5.51. The molecule has 0 aliphatic carbocycles. The maximum Gasteiger partial charge on any atom is 0.111 e. The van der Waals surface area contributed by atoms with Crippen LogP contribution in [0.4, 0.5) is 0 Å². The zero-order valence-electron chi connectivity index (χ0n) is 9.62. The summed E-state index contributed by atoms with van der Waals surface area (Å²) in [6, 6.07) is 3.19. The van der Waals surface area contributed by atoms with Crippen molar-refractivity contribution in [1.29, 1.82) is 0 Å². The van der Waals surface area contributed by atoms with Crippen molar-refractivity contribution in [2.75, 3.05) is 6.61 Å². The van der Waals surface area contributed by atoms with Gasteiger partial charge in [0, 0.05) is 6.42 Å². The molecule has 0 saturated carbocycles. The van der Waals surface area contributed by atoms with E-state index in [1.807, 2.05) is 0 Å². The van der Waals surface area contributed by atoms with Gasteiger partial charge in [-0.05, 0) is 12.1 Å². The van der Waals surface area contributed by atoms with E-state index in [1.54, 1.807) is 12.1 Å². The SMILES string of the molecule is OC[C@@H](O)[C@@H](O)[C@H](O)[C@@H](O)C(O)Cc1ccco1. The van der Waals surface area contributed by atoms with Gasteiger partial charge in [0.25, 0.3) is 0 Å². The molecule has 1 aromatic rings. The summed E-state index contributed by atoms with van der Waals surface area (Å²) in [5, 5.41) is 55.9. The minimum atomic E-state index is -1.78. The van der Waals surface area contributed by atoms with E-state index >= 15 is 0 Å². The highest BCUT2D eigenvalue weighted by Gasteiger charge is 2.34. The molecule has 7 heteroatoms. The van der Waals surface area contributed by atoms with E-state index < -0.39 is 37.1 Å². The fourth-order valence-electron chi connectivity index (χ4n) is 1.52. The van der Waals surface area contributed by atoms with E-state index in [0.717, 1.165) is 0 Å². The molecule has 0 radical (unpaired) electrons. The summed E-state index contributed by atoms with van der Waals surface area (Å²) in [4.78, 5) is 0. The highest BCUT2D eigenvalue weighted by atomic mass is 16.4. The predicted octanol–water partition coefficient (Wildman–Crippen LogP) is -2.38. The van der Waals surface area contributed by atoms with Gasteiger partial charge in [-0.2, -0.15) is 0 Å². The normalized spacial score (nSPS) is 20.1. The molecular weight excluding hydrogens is 244 g/mol. The fraction of sp³-hybridized carbons (Fsp3) is 0.636. The van der Waals surface area contributed by atoms with Gasteiger partial charge in [-0.25, -0.2) is 0 Å². The summed E-state index contributed by atoms with van der Waals surface area (Å²) in [5.74, 6) is 0.408. The molecule has 1 heterocycles. The molecular formula is C11H18O7. The monoisotopic (exact) mass is 262 g/mol. The molecule has 1 rings (SSSR count). The zero-order chi connectivity index (χ0) is 13.7. The van der Waals surface area contributed by atoms with Gasteiger partial charge in [0.1, 0.15) is 30.2 Å². The van der Waals surface area contributed by atoms with E-state index in [4.69, 9.17) is 14.6 Å². The molecule has 1 aromatic heterocycles. The zero-order valence-corrected chi connectivity index (χ0v) is 9.62. The summed E-state index contributed by atoms with van der Waals surface area (Å²) in [5.41, 5.74) is 0. The molecule has 0 aliphatic heterocycles. The first-order valence-corrected chi connectivity index (χ1v) is 5.51. The Morgan fingerprint density at radius 2 is 1.56 bits per heavy atom. The second kappa shape index (κ2) is 6.83. The molecule has 1 unspecified atom stereocenters. The van der Waals surface area contributed by atoms with Crippen LogP contribution in [0.1, 0.15) is 5.76 Å². The minimum Gasteiger partial charge on any atom is -0.469 e. The van der Waals surface area contributed by atoms with Crippen LogP contribution in [0.3, 0.4) is 0 Å². The smallest absolute Gasteiger partial charge is 0.111 e. The van der Waals surface area contributed by atoms with Crippen molar-refractivity contribution in [2.24, 2.45) is 0 Å². The van der Waals surface area contributed by atoms with Crippen LogP contribution in [-0.2, 0) is 6.42 Å². The third-order valence-corrected chi connectivity index (χ3v) is 2.67. The van der Waals surface area contributed by atoms with Crippen LogP contribution in [0, 0.1) is 0 Å². The Balaban J connectivity index is 2.54. The lowest BCUT2D eigenvalue weighted by molar-refractivity contribution is -0.140. The highest BCUT2D eigenvalue weighted by Crippen LogP contribution is 2.13. The second-order valence-electron chi connectivity index (χ2n) is 4.07. The average molecular weight is 262 g/mol. The number of hydrogen-bond donors (Lipinski definition) is 6. The van der Waals surface area contributed by atoms with Crippen LogP contribution < -0.4 is 0 Å². The second-order valence-corrected chi connectivity index (χ2v) is 4.07. The van der Waals surface area contributed by atoms with Gasteiger partial charge in [0.05, 0.1) is 19.0 Å². The lowest BCUT2D eigenvalue weighted by Crippen LogP contribution is -2.50. The molecule has 0 bridgehead atoms. The van der Waals surface area contributed by atoms with E-state index in [-0.39, 0.29) is 6.42 Å². The summed E-state index contributed by atoms with van der Waals surface area (Å²) >= 11 is 0. The minimum absolute atomic E-state index is 0.0484. The maximum atomic E-state index is 9.64. The standard InChI is InChI=1S/C11H18O7/c12-5-8(14)10(16)11(17)9(15)7(13)4-6-2-1-3-18-6/h1-3,7-17H,4-5H2/t7?,8-,9+,10-,11-/m1/s1. The van der Waals surface area contributed by atoms with Crippen LogP contribution in [0.25, 0.3) is 0 Å². The lowest BCUT2D eigenvalue weighted by atomic mass is 9.97. The molecule has 0 aliphatic rings. The summed E-state index contributed by atoms with van der Waals surface area (Å²) in [7, 11) is 0. The fourth-order valence-corrected chi connectivity index (χ4v) is 1.52. The average Bonchev–Trinajstić information content (AvgIpc) is 2.87. The molecule has 5 atom stereocenters. The van der Waals surface area contributed by atoms with Crippen molar-refractivity contribution in [1.82, 2.24) is 0 Å². The summed E-state index contributed by atoms with van der Waals surface area (Å²) in [6.45, 7) is -0.765. The highest BCUT2D eigenvalue weighted by molar-refractivity contribution is 5.01. The van der Waals surface area contributed by atoms with Crippen LogP contribution >= 0.6 is 0 Å². The Hall–Kier alpha value is -0.960. The number of rotatable bonds is 7. The number of furan rings is 1. The van der Waals surface area contributed by atoms with Crippen molar-refractivity contribution in [3.63, 3.8) is 0 Å². The molecule has 18 heavy (non-hydrogen) atoms. The van der Waals surface area contributed by atoms with Gasteiger partial charge in [-0.15, -0.1) is 0 Å². The topological polar surface area (TPSA) is 135 Å². The van der Waals surface area contributed by atoms with Gasteiger partial charge in [0.15, 0.2) is 0 Å². The molecule has 7 nitrogen and oxygen atoms in total. The number of aliphatic hydroxyl groups excluding tert-OH is 6. The Morgan fingerprint density at radius 3 is 2.06 bits per heavy atom. The van der Waals surface area contributed by atoms with Crippen LogP contribution in [0.15, 0.2) is 22.8 Å². The molecule has 0 spiro atoms. The predicted molar refractivity (Wildman–Crippen MR) is 59.5 cm³/mol. The van der Waals surface area contributed by atoms with Gasteiger partial charge in [-0.1, -0.05) is 0 Å². The summed E-state index contributed by atoms with van der Waals surface area (Å²) in [6.07, 6.45) is -6.82. The van der Waals surface area contributed by atoms with Crippen LogP contribution in [0.5, 0.6) is 0 Å². The third kappa shape index (κ3) is 3.77. The Bertz CT molecular complexity index is 326. The molecule has 0 saturated heterocycles. The lowest BCUT2D eigenvalue weighted by Gasteiger charge is -2.28. The quantitative estimate of drug-likeness (QED) is 0.323. The van der Waals surface area contributed by atoms with E-state index in [2.05, 4.69) is 0 Å². The molecule has 0 amide bonds. The van der Waals surface area contributed by atoms with E-state index in [1.165, 1.54) is 6.26 Å². The summed E-state index contributed by atoms with van der Waals surface area (Å²) < 4.78 is 4.96. The molecule has 104 valence electrons. The first kappa shape index (κ1) is 15.1. The molecule has 6 N–H and O–H groups in total. The van der Waals surface area contributed by atoms with Gasteiger partial charge in [0.2, 0.25) is 0 Å². The maximum absolute atomic E-state index is 9.64. The van der Waals surface area contributed by atoms with Crippen molar-refractivity contribution >= 4 is 0 Å². The van der Waals surface area contributed by atoms with Crippen molar-refractivity contribution in [2.45, 2.75) is 36.9 Å². The first-order chi connectivity index (χ1) is 8.47. The largest absolute Gasteiger partial charge is 0.469 e. The Morgan fingerprint density at radius 1 is 0.944 bits per heavy atom. The molecule has 0 aromatic carbocycles. The van der Waals surface area contributed by atoms with Gasteiger partial charge < -0.3 is 35.1 Å².